The Hall–Kier alpha value is -4.08. The van der Waals surface area contributed by atoms with Gasteiger partial charge in [0.25, 0.3) is 11.8 Å². The van der Waals surface area contributed by atoms with E-state index >= 15 is 0 Å². The summed E-state index contributed by atoms with van der Waals surface area (Å²) in [5, 5.41) is 3.99. The zero-order valence-electron chi connectivity index (χ0n) is 21.4. The Morgan fingerprint density at radius 3 is 2.49 bits per heavy atom. The average molecular weight is 509 g/mol. The van der Waals surface area contributed by atoms with E-state index in [1.807, 2.05) is 32.0 Å². The highest BCUT2D eigenvalue weighted by Crippen LogP contribution is 2.25. The Balaban J connectivity index is 1.34. The lowest BCUT2D eigenvalue weighted by Crippen LogP contribution is -2.51. The molecule has 0 aliphatic carbocycles. The topological polar surface area (TPSA) is 109 Å². The third-order valence-corrected chi connectivity index (χ3v) is 6.20. The Kier molecular flexibility index (Phi) is 8.27. The summed E-state index contributed by atoms with van der Waals surface area (Å²) in [5.74, 6) is 1.13. The first kappa shape index (κ1) is 26.0. The molecule has 1 fully saturated rings. The minimum Gasteiger partial charge on any atom is -0.497 e. The van der Waals surface area contributed by atoms with Crippen molar-refractivity contribution in [2.24, 2.45) is 5.92 Å². The van der Waals surface area contributed by atoms with Crippen LogP contribution in [-0.4, -0.2) is 84.0 Å². The Morgan fingerprint density at radius 2 is 1.81 bits per heavy atom. The molecule has 2 aromatic heterocycles. The molecule has 196 valence electrons. The van der Waals surface area contributed by atoms with E-state index in [-0.39, 0.29) is 42.3 Å². The number of amides is 3. The molecule has 0 bridgehead atoms. The lowest BCUT2D eigenvalue weighted by Gasteiger charge is -2.35. The van der Waals surface area contributed by atoms with E-state index in [4.69, 9.17) is 13.7 Å². The molecule has 3 aromatic rings. The number of piperazine rings is 1. The summed E-state index contributed by atoms with van der Waals surface area (Å²) in [5.41, 5.74) is 0.942. The predicted octanol–water partition coefficient (Wildman–Crippen LogP) is 3.42. The predicted molar refractivity (Wildman–Crippen MR) is 135 cm³/mol. The van der Waals surface area contributed by atoms with Gasteiger partial charge in [0.2, 0.25) is 5.91 Å². The molecule has 37 heavy (non-hydrogen) atoms. The Morgan fingerprint density at radius 1 is 1.05 bits per heavy atom. The van der Waals surface area contributed by atoms with Crippen molar-refractivity contribution in [1.29, 1.82) is 0 Å². The highest BCUT2D eigenvalue weighted by atomic mass is 16.5. The molecule has 10 nitrogen and oxygen atoms in total. The molecule has 1 saturated heterocycles. The van der Waals surface area contributed by atoms with Crippen molar-refractivity contribution in [2.75, 3.05) is 46.4 Å². The molecule has 0 N–H and O–H groups in total. The van der Waals surface area contributed by atoms with E-state index in [1.54, 1.807) is 46.1 Å². The lowest BCUT2D eigenvalue weighted by atomic mass is 10.1. The second-order valence-corrected chi connectivity index (χ2v) is 9.35. The maximum atomic E-state index is 13.3. The van der Waals surface area contributed by atoms with Gasteiger partial charge in [-0.2, -0.15) is 0 Å². The Labute approximate surface area is 215 Å². The summed E-state index contributed by atoms with van der Waals surface area (Å²) in [6.07, 6.45) is 1.65. The first-order valence-corrected chi connectivity index (χ1v) is 12.4. The van der Waals surface area contributed by atoms with Crippen LogP contribution in [0.2, 0.25) is 0 Å². The number of aromatic nitrogens is 1. The molecule has 3 amide bonds. The molecule has 10 heteroatoms. The van der Waals surface area contributed by atoms with Gasteiger partial charge in [-0.3, -0.25) is 14.4 Å². The van der Waals surface area contributed by atoms with Gasteiger partial charge in [-0.1, -0.05) is 31.1 Å². The lowest BCUT2D eigenvalue weighted by molar-refractivity contribution is -0.132. The van der Waals surface area contributed by atoms with E-state index in [2.05, 4.69) is 5.16 Å². The standard InChI is InChI=1S/C27H32N4O6/c1-19(2)18-31(26(33)22-17-24(37-28-22)20-6-4-7-21(16-20)35-3)10-9-25(32)29-11-13-30(14-12-29)27(34)23-8-5-15-36-23/h4-8,15-17,19H,9-14,18H2,1-3H3. The van der Waals surface area contributed by atoms with Gasteiger partial charge in [0, 0.05) is 57.3 Å². The molecule has 1 aliphatic rings. The normalized spacial score (nSPS) is 13.6. The van der Waals surface area contributed by atoms with E-state index in [9.17, 15) is 14.4 Å². The molecule has 3 heterocycles. The van der Waals surface area contributed by atoms with Gasteiger partial charge < -0.3 is 28.4 Å². The van der Waals surface area contributed by atoms with Crippen LogP contribution in [0.3, 0.4) is 0 Å². The highest BCUT2D eigenvalue weighted by Gasteiger charge is 2.27. The number of hydrogen-bond donors (Lipinski definition) is 0. The Bertz CT molecular complexity index is 1210. The molecule has 0 spiro atoms. The fraction of sp³-hybridized carbons (Fsp3) is 0.407. The second-order valence-electron chi connectivity index (χ2n) is 9.35. The largest absolute Gasteiger partial charge is 0.497 e. The molecule has 0 radical (unpaired) electrons. The van der Waals surface area contributed by atoms with Crippen molar-refractivity contribution in [3.05, 3.63) is 60.2 Å². The molecule has 1 aliphatic heterocycles. The summed E-state index contributed by atoms with van der Waals surface area (Å²) in [6, 6.07) is 12.2. The molecule has 0 unspecified atom stereocenters. The first-order chi connectivity index (χ1) is 17.9. The van der Waals surface area contributed by atoms with Crippen LogP contribution in [0.4, 0.5) is 0 Å². The molecule has 4 rings (SSSR count). The van der Waals surface area contributed by atoms with Crippen molar-refractivity contribution in [1.82, 2.24) is 19.9 Å². The number of furan rings is 1. The fourth-order valence-electron chi connectivity index (χ4n) is 4.27. The molecule has 0 atom stereocenters. The summed E-state index contributed by atoms with van der Waals surface area (Å²) >= 11 is 0. The average Bonchev–Trinajstić information content (AvgIpc) is 3.63. The van der Waals surface area contributed by atoms with Crippen LogP contribution >= 0.6 is 0 Å². The smallest absolute Gasteiger partial charge is 0.289 e. The maximum absolute atomic E-state index is 13.3. The van der Waals surface area contributed by atoms with Crippen LogP contribution in [0.15, 0.2) is 57.7 Å². The van der Waals surface area contributed by atoms with Gasteiger partial charge in [0.1, 0.15) is 5.75 Å². The van der Waals surface area contributed by atoms with E-state index in [0.29, 0.717) is 50.0 Å². The SMILES string of the molecule is COc1cccc(-c2cc(C(=O)N(CCC(=O)N3CCN(C(=O)c4ccco4)CC3)CC(C)C)no2)c1. The number of hydrogen-bond acceptors (Lipinski definition) is 7. The van der Waals surface area contributed by atoms with Crippen molar-refractivity contribution in [3.63, 3.8) is 0 Å². The molecule has 1 aromatic carbocycles. The number of nitrogens with zero attached hydrogens (tertiary/aromatic N) is 4. The number of carbonyl (C=O) groups is 3. The summed E-state index contributed by atoms with van der Waals surface area (Å²) in [4.78, 5) is 43.7. The summed E-state index contributed by atoms with van der Waals surface area (Å²) in [6.45, 7) is 6.54. The number of rotatable bonds is 9. The monoisotopic (exact) mass is 508 g/mol. The van der Waals surface area contributed by atoms with Crippen LogP contribution < -0.4 is 4.74 Å². The molecular weight excluding hydrogens is 476 g/mol. The molecule has 0 saturated carbocycles. The number of ether oxygens (including phenoxy) is 1. The van der Waals surface area contributed by atoms with Crippen molar-refractivity contribution >= 4 is 17.7 Å². The minimum absolute atomic E-state index is 0.0520. The van der Waals surface area contributed by atoms with Crippen LogP contribution in [0, 0.1) is 5.92 Å². The zero-order valence-corrected chi connectivity index (χ0v) is 21.4. The van der Waals surface area contributed by atoms with Gasteiger partial charge in [-0.05, 0) is 30.2 Å². The van der Waals surface area contributed by atoms with Gasteiger partial charge in [0.05, 0.1) is 13.4 Å². The number of carbonyl (C=O) groups excluding carboxylic acids is 3. The number of benzene rings is 1. The van der Waals surface area contributed by atoms with Gasteiger partial charge >= 0.3 is 0 Å². The van der Waals surface area contributed by atoms with Crippen molar-refractivity contribution in [2.45, 2.75) is 20.3 Å². The van der Waals surface area contributed by atoms with Gasteiger partial charge in [-0.25, -0.2) is 0 Å². The van der Waals surface area contributed by atoms with Crippen LogP contribution in [0.25, 0.3) is 11.3 Å². The van der Waals surface area contributed by atoms with Gasteiger partial charge in [-0.15, -0.1) is 0 Å². The first-order valence-electron chi connectivity index (χ1n) is 12.4. The number of methoxy groups -OCH3 is 1. The summed E-state index contributed by atoms with van der Waals surface area (Å²) < 4.78 is 15.9. The van der Waals surface area contributed by atoms with E-state index in [1.165, 1.54) is 6.26 Å². The van der Waals surface area contributed by atoms with E-state index in [0.717, 1.165) is 5.56 Å². The zero-order chi connectivity index (χ0) is 26.4. The van der Waals surface area contributed by atoms with Crippen LogP contribution in [0.5, 0.6) is 5.75 Å². The maximum Gasteiger partial charge on any atom is 0.289 e. The summed E-state index contributed by atoms with van der Waals surface area (Å²) in [7, 11) is 1.58. The van der Waals surface area contributed by atoms with E-state index < -0.39 is 0 Å². The quantitative estimate of drug-likeness (QED) is 0.436. The highest BCUT2D eigenvalue weighted by molar-refractivity contribution is 5.93. The van der Waals surface area contributed by atoms with Crippen molar-refractivity contribution < 1.29 is 28.1 Å². The second kappa shape index (κ2) is 11.8. The minimum atomic E-state index is -0.284. The van der Waals surface area contributed by atoms with Crippen LogP contribution in [0.1, 0.15) is 41.3 Å². The third kappa shape index (κ3) is 6.38. The van der Waals surface area contributed by atoms with Gasteiger partial charge in [0.15, 0.2) is 17.2 Å². The van der Waals surface area contributed by atoms with Crippen LogP contribution in [-0.2, 0) is 4.79 Å². The fourth-order valence-corrected chi connectivity index (χ4v) is 4.27. The third-order valence-electron chi connectivity index (χ3n) is 6.20. The van der Waals surface area contributed by atoms with Crippen molar-refractivity contribution in [3.8, 4) is 17.1 Å². The molecular formula is C27H32N4O6.